The predicted molar refractivity (Wildman–Crippen MR) is 249 cm³/mol. The Balaban J connectivity index is 1.10. The van der Waals surface area contributed by atoms with Gasteiger partial charge in [0, 0.05) is 55.8 Å². The molecular formula is C57H36N2O2. The molecule has 0 bridgehead atoms. The van der Waals surface area contributed by atoms with Crippen molar-refractivity contribution in [1.82, 2.24) is 0 Å². The van der Waals surface area contributed by atoms with Crippen molar-refractivity contribution in [2.75, 3.05) is 9.80 Å². The van der Waals surface area contributed by atoms with Gasteiger partial charge in [0.1, 0.15) is 27.9 Å². The van der Waals surface area contributed by atoms with E-state index in [1.54, 1.807) is 0 Å². The van der Waals surface area contributed by atoms with Crippen LogP contribution in [0.1, 0.15) is 22.5 Å². The van der Waals surface area contributed by atoms with Crippen LogP contribution in [0.3, 0.4) is 0 Å². The van der Waals surface area contributed by atoms with Crippen molar-refractivity contribution in [3.05, 3.63) is 241 Å². The zero-order chi connectivity index (χ0) is 40.1. The van der Waals surface area contributed by atoms with Crippen molar-refractivity contribution in [3.8, 4) is 22.3 Å². The fourth-order valence-corrected chi connectivity index (χ4v) is 10.3. The molecule has 286 valence electrons. The van der Waals surface area contributed by atoms with Gasteiger partial charge in [-0.25, -0.2) is 0 Å². The zero-order valence-electron chi connectivity index (χ0n) is 33.0. The summed E-state index contributed by atoms with van der Waals surface area (Å²) in [5, 5.41) is 3.32. The Hall–Kier alpha value is -8.08. The molecule has 4 heteroatoms. The third kappa shape index (κ3) is 4.82. The topological polar surface area (TPSA) is 32.8 Å². The van der Waals surface area contributed by atoms with Crippen molar-refractivity contribution in [1.29, 1.82) is 0 Å². The average Bonchev–Trinajstić information content (AvgIpc) is 4.05. The number of benzene rings is 9. The second kappa shape index (κ2) is 13.0. The molecule has 4 nitrogen and oxygen atoms in total. The Bertz CT molecular complexity index is 3460. The summed E-state index contributed by atoms with van der Waals surface area (Å²) >= 11 is 0. The molecule has 61 heavy (non-hydrogen) atoms. The van der Waals surface area contributed by atoms with Gasteiger partial charge in [-0.1, -0.05) is 127 Å². The van der Waals surface area contributed by atoms with Crippen LogP contribution in [0.25, 0.3) is 55.2 Å². The van der Waals surface area contributed by atoms with Gasteiger partial charge in [0.15, 0.2) is 0 Å². The van der Waals surface area contributed by atoms with Crippen LogP contribution in [-0.2, 0) is 5.41 Å². The first kappa shape index (κ1) is 33.8. The minimum atomic E-state index is -0.742. The summed E-state index contributed by atoms with van der Waals surface area (Å²) < 4.78 is 13.5. The van der Waals surface area contributed by atoms with Crippen LogP contribution in [0.4, 0.5) is 34.1 Å². The van der Waals surface area contributed by atoms with Gasteiger partial charge in [-0.05, 0) is 124 Å². The third-order valence-corrected chi connectivity index (χ3v) is 12.8. The van der Waals surface area contributed by atoms with Crippen LogP contribution in [-0.4, -0.2) is 0 Å². The van der Waals surface area contributed by atoms with Crippen LogP contribution in [0.15, 0.2) is 227 Å². The highest BCUT2D eigenvalue weighted by atomic mass is 16.3. The van der Waals surface area contributed by atoms with E-state index in [1.165, 1.54) is 33.4 Å². The lowest BCUT2D eigenvalue weighted by atomic mass is 9.73. The molecule has 2 aliphatic carbocycles. The smallest absolute Gasteiger partial charge is 0.135 e. The van der Waals surface area contributed by atoms with E-state index in [0.717, 1.165) is 78.4 Å². The first-order chi connectivity index (χ1) is 30.3. The SMILES string of the molecule is c1ccc(N(c2ccccc2)c2ccc3c(c2)C2(c4ccccc4-c4ccc(N(c5ccccc5)c5ccc6oc7ccccc7c6c5)cc42)c2oc4ccccc4c2-3)cc1. The second-order valence-electron chi connectivity index (χ2n) is 16.0. The van der Waals surface area contributed by atoms with Crippen molar-refractivity contribution in [2.45, 2.75) is 5.41 Å². The van der Waals surface area contributed by atoms with Crippen LogP contribution in [0.2, 0.25) is 0 Å². The first-order valence-electron chi connectivity index (χ1n) is 20.8. The van der Waals surface area contributed by atoms with Gasteiger partial charge in [-0.2, -0.15) is 0 Å². The molecule has 2 aromatic heterocycles. The summed E-state index contributed by atoms with van der Waals surface area (Å²) in [6, 6.07) is 78.3. The molecule has 0 N–H and O–H groups in total. The third-order valence-electron chi connectivity index (χ3n) is 12.8. The summed E-state index contributed by atoms with van der Waals surface area (Å²) in [6.45, 7) is 0. The van der Waals surface area contributed by atoms with E-state index >= 15 is 0 Å². The predicted octanol–water partition coefficient (Wildman–Crippen LogP) is 15.6. The van der Waals surface area contributed by atoms with Gasteiger partial charge in [0.2, 0.25) is 0 Å². The van der Waals surface area contributed by atoms with E-state index in [9.17, 15) is 0 Å². The lowest BCUT2D eigenvalue weighted by molar-refractivity contribution is 0.507. The van der Waals surface area contributed by atoms with E-state index < -0.39 is 5.41 Å². The summed E-state index contributed by atoms with van der Waals surface area (Å²) in [7, 11) is 0. The number of rotatable bonds is 6. The molecule has 1 spiro atoms. The maximum Gasteiger partial charge on any atom is 0.135 e. The maximum atomic E-state index is 7.23. The number of anilines is 6. The Labute approximate surface area is 352 Å². The molecule has 1 unspecified atom stereocenters. The summed E-state index contributed by atoms with van der Waals surface area (Å²) in [5.74, 6) is 0.965. The second-order valence-corrected chi connectivity index (χ2v) is 16.0. The molecule has 0 saturated carbocycles. The molecule has 13 rings (SSSR count). The minimum absolute atomic E-state index is 0.742. The van der Waals surface area contributed by atoms with Gasteiger partial charge in [0.25, 0.3) is 0 Å². The molecular weight excluding hydrogens is 745 g/mol. The quantitative estimate of drug-likeness (QED) is 0.168. The van der Waals surface area contributed by atoms with Gasteiger partial charge in [0.05, 0.1) is 0 Å². The zero-order valence-corrected chi connectivity index (χ0v) is 33.0. The Morgan fingerprint density at radius 2 is 0.754 bits per heavy atom. The van der Waals surface area contributed by atoms with E-state index in [0.29, 0.717) is 0 Å². The summed E-state index contributed by atoms with van der Waals surface area (Å²) in [6.07, 6.45) is 0. The Morgan fingerprint density at radius 1 is 0.295 bits per heavy atom. The molecule has 0 aliphatic heterocycles. The summed E-state index contributed by atoms with van der Waals surface area (Å²) in [4.78, 5) is 4.73. The van der Waals surface area contributed by atoms with Gasteiger partial charge < -0.3 is 18.6 Å². The molecule has 0 fully saturated rings. The van der Waals surface area contributed by atoms with Gasteiger partial charge in [-0.3, -0.25) is 0 Å². The lowest BCUT2D eigenvalue weighted by Gasteiger charge is -2.32. The molecule has 0 saturated heterocycles. The number of fused-ring (bicyclic) bond motifs is 15. The van der Waals surface area contributed by atoms with Crippen molar-refractivity contribution >= 4 is 67.0 Å². The highest BCUT2D eigenvalue weighted by Gasteiger charge is 2.55. The fraction of sp³-hybridized carbons (Fsp3) is 0.0175. The number of para-hydroxylation sites is 5. The van der Waals surface area contributed by atoms with Gasteiger partial charge in [-0.15, -0.1) is 0 Å². The highest BCUT2D eigenvalue weighted by Crippen LogP contribution is 2.65. The monoisotopic (exact) mass is 780 g/mol. The normalized spacial score (nSPS) is 14.6. The van der Waals surface area contributed by atoms with E-state index in [4.69, 9.17) is 8.83 Å². The van der Waals surface area contributed by atoms with Crippen LogP contribution in [0.5, 0.6) is 0 Å². The average molecular weight is 781 g/mol. The van der Waals surface area contributed by atoms with Crippen molar-refractivity contribution in [2.24, 2.45) is 0 Å². The number of hydrogen-bond acceptors (Lipinski definition) is 4. The van der Waals surface area contributed by atoms with Crippen LogP contribution < -0.4 is 9.80 Å². The van der Waals surface area contributed by atoms with Crippen LogP contribution in [0, 0.1) is 0 Å². The summed E-state index contributed by atoms with van der Waals surface area (Å²) in [5.41, 5.74) is 16.8. The van der Waals surface area contributed by atoms with Gasteiger partial charge >= 0.3 is 0 Å². The maximum absolute atomic E-state index is 7.23. The largest absolute Gasteiger partial charge is 0.459 e. The minimum Gasteiger partial charge on any atom is -0.459 e. The molecule has 11 aromatic rings. The molecule has 0 amide bonds. The Kier molecular flexibility index (Phi) is 7.19. The van der Waals surface area contributed by atoms with Crippen molar-refractivity contribution in [3.63, 3.8) is 0 Å². The molecule has 2 aliphatic rings. The van der Waals surface area contributed by atoms with Crippen LogP contribution >= 0.6 is 0 Å². The fourth-order valence-electron chi connectivity index (χ4n) is 10.3. The van der Waals surface area contributed by atoms with E-state index in [1.807, 2.05) is 12.1 Å². The number of nitrogens with zero attached hydrogens (tertiary/aromatic N) is 2. The molecule has 0 radical (unpaired) electrons. The molecule has 2 heterocycles. The van der Waals surface area contributed by atoms with E-state index in [-0.39, 0.29) is 0 Å². The highest BCUT2D eigenvalue weighted by molar-refractivity contribution is 6.08. The van der Waals surface area contributed by atoms with E-state index in [2.05, 4.69) is 216 Å². The van der Waals surface area contributed by atoms with Crippen molar-refractivity contribution < 1.29 is 8.83 Å². The lowest BCUT2D eigenvalue weighted by Crippen LogP contribution is -2.26. The first-order valence-corrected chi connectivity index (χ1v) is 20.8. The molecule has 9 aromatic carbocycles. The Morgan fingerprint density at radius 3 is 1.43 bits per heavy atom. The standard InChI is InChI=1S/C57H36N2O2/c1-4-16-37(17-5-1)58(38-18-6-2-7-19-38)41-29-32-46-51(36-41)57(56-55(46)47-24-12-15-27-53(47)61-56)49-25-13-10-22-43(49)44-31-28-42(35-50(44)57)59(39-20-8-3-9-21-39)40-30-33-54-48(34-40)45-23-11-14-26-52(45)60-54/h1-36H. The number of hydrogen-bond donors (Lipinski definition) is 0. The number of furan rings is 2. The molecule has 1 atom stereocenters.